The molecule has 0 atom stereocenters. The second kappa shape index (κ2) is 11.8. The molecule has 0 aliphatic heterocycles. The number of aromatic nitrogens is 2. The Kier molecular flexibility index (Phi) is 8.57. The van der Waals surface area contributed by atoms with Gasteiger partial charge in [-0.2, -0.15) is 5.10 Å². The summed E-state index contributed by atoms with van der Waals surface area (Å²) in [6.45, 7) is 2.31. The Balaban J connectivity index is 1.69. The molecule has 8 nitrogen and oxygen atoms in total. The molecule has 0 radical (unpaired) electrons. The predicted octanol–water partition coefficient (Wildman–Crippen LogP) is 3.46. The van der Waals surface area contributed by atoms with Gasteiger partial charge in [-0.15, -0.1) is 0 Å². The molecule has 1 N–H and O–H groups in total. The van der Waals surface area contributed by atoms with Crippen LogP contribution in [0.3, 0.4) is 0 Å². The maximum absolute atomic E-state index is 12.8. The molecule has 3 aromatic rings. The molecule has 0 aliphatic rings. The number of nitrogens with zero attached hydrogens (tertiary/aromatic N) is 2. The van der Waals surface area contributed by atoms with Crippen molar-refractivity contribution in [1.82, 2.24) is 15.1 Å². The quantitative estimate of drug-likeness (QED) is 0.354. The minimum Gasteiger partial charge on any atom is -0.496 e. The summed E-state index contributed by atoms with van der Waals surface area (Å²) in [5.41, 5.74) is 0.592. The van der Waals surface area contributed by atoms with Crippen molar-refractivity contribution in [3.05, 3.63) is 70.1 Å². The van der Waals surface area contributed by atoms with E-state index in [1.54, 1.807) is 37.4 Å². The molecule has 8 heteroatoms. The molecule has 1 heterocycles. The molecule has 2 aromatic carbocycles. The molecule has 1 aromatic heterocycles. The lowest BCUT2D eigenvalue weighted by Crippen LogP contribution is -2.30. The lowest BCUT2D eigenvalue weighted by molar-refractivity contribution is -0.124. The Morgan fingerprint density at radius 1 is 1.00 bits per heavy atom. The van der Waals surface area contributed by atoms with E-state index < -0.39 is 18.5 Å². The number of hydrogen-bond donors (Lipinski definition) is 1. The average molecular weight is 452 g/mol. The van der Waals surface area contributed by atoms with Crippen molar-refractivity contribution in [2.75, 3.05) is 13.7 Å². The van der Waals surface area contributed by atoms with E-state index in [2.05, 4.69) is 17.3 Å². The highest BCUT2D eigenvalue weighted by Gasteiger charge is 2.19. The fraction of sp³-hybridized carbons (Fsp3) is 0.360. The van der Waals surface area contributed by atoms with E-state index in [-0.39, 0.29) is 17.8 Å². The standard InChI is InChI=1S/C25H29N3O5/c1-3-4-5-10-15-28-24(30)20-13-8-7-12-19(20)23(27-28)25(31)33-17-22(29)26-16-18-11-6-9-14-21(18)32-2/h6-9,11-14H,3-5,10,15-17H2,1-2H3,(H,26,29). The minimum absolute atomic E-state index is 0.0261. The number of fused-ring (bicyclic) bond motifs is 1. The number of para-hydroxylation sites is 1. The maximum Gasteiger partial charge on any atom is 0.359 e. The topological polar surface area (TPSA) is 99.5 Å². The van der Waals surface area contributed by atoms with Crippen LogP contribution in [0.25, 0.3) is 10.8 Å². The van der Waals surface area contributed by atoms with Crippen LogP contribution in [0, 0.1) is 0 Å². The monoisotopic (exact) mass is 451 g/mol. The number of esters is 1. The van der Waals surface area contributed by atoms with Crippen LogP contribution in [0.15, 0.2) is 53.3 Å². The highest BCUT2D eigenvalue weighted by Crippen LogP contribution is 2.17. The van der Waals surface area contributed by atoms with Crippen molar-refractivity contribution < 1.29 is 19.1 Å². The van der Waals surface area contributed by atoms with Crippen molar-refractivity contribution in [1.29, 1.82) is 0 Å². The maximum atomic E-state index is 12.8. The van der Waals surface area contributed by atoms with E-state index in [1.807, 2.05) is 18.2 Å². The van der Waals surface area contributed by atoms with Crippen molar-refractivity contribution in [3.63, 3.8) is 0 Å². The fourth-order valence-corrected chi connectivity index (χ4v) is 3.52. The highest BCUT2D eigenvalue weighted by atomic mass is 16.5. The largest absolute Gasteiger partial charge is 0.496 e. The number of amides is 1. The van der Waals surface area contributed by atoms with E-state index >= 15 is 0 Å². The second-order valence-corrected chi connectivity index (χ2v) is 7.65. The van der Waals surface area contributed by atoms with Crippen LogP contribution in [0.2, 0.25) is 0 Å². The summed E-state index contributed by atoms with van der Waals surface area (Å²) in [5.74, 6) is -0.543. The van der Waals surface area contributed by atoms with Gasteiger partial charge in [-0.3, -0.25) is 9.59 Å². The van der Waals surface area contributed by atoms with Crippen LogP contribution in [0.5, 0.6) is 5.75 Å². The number of unbranched alkanes of at least 4 members (excludes halogenated alkanes) is 3. The van der Waals surface area contributed by atoms with Crippen LogP contribution in [-0.4, -0.2) is 35.4 Å². The molecule has 0 bridgehead atoms. The lowest BCUT2D eigenvalue weighted by Gasteiger charge is -2.12. The molecule has 0 saturated carbocycles. The molecular weight excluding hydrogens is 422 g/mol. The number of hydrogen-bond acceptors (Lipinski definition) is 6. The summed E-state index contributed by atoms with van der Waals surface area (Å²) in [4.78, 5) is 37.8. The fourth-order valence-electron chi connectivity index (χ4n) is 3.52. The van der Waals surface area contributed by atoms with Gasteiger partial charge in [-0.05, 0) is 18.6 Å². The first-order chi connectivity index (χ1) is 16.0. The summed E-state index contributed by atoms with van der Waals surface area (Å²) in [6.07, 6.45) is 3.92. The van der Waals surface area contributed by atoms with Crippen LogP contribution in [-0.2, 0) is 22.6 Å². The van der Waals surface area contributed by atoms with Gasteiger partial charge in [0.25, 0.3) is 11.5 Å². The Morgan fingerprint density at radius 2 is 1.73 bits per heavy atom. The normalized spacial score (nSPS) is 10.7. The third-order valence-electron chi connectivity index (χ3n) is 5.29. The third-order valence-corrected chi connectivity index (χ3v) is 5.29. The van der Waals surface area contributed by atoms with Gasteiger partial charge in [0.1, 0.15) is 5.75 Å². The van der Waals surface area contributed by atoms with Crippen molar-refractivity contribution in [2.45, 2.75) is 45.7 Å². The number of aryl methyl sites for hydroxylation is 1. The molecule has 0 fully saturated rings. The molecule has 3 rings (SSSR count). The number of carbonyl (C=O) groups excluding carboxylic acids is 2. The van der Waals surface area contributed by atoms with Gasteiger partial charge in [-0.1, -0.05) is 62.6 Å². The Labute approximate surface area is 192 Å². The summed E-state index contributed by atoms with van der Waals surface area (Å²) in [7, 11) is 1.56. The Bertz CT molecular complexity index is 1170. The molecule has 174 valence electrons. The Hall–Kier alpha value is -3.68. The number of rotatable bonds is 11. The highest BCUT2D eigenvalue weighted by molar-refractivity contribution is 6.02. The van der Waals surface area contributed by atoms with Gasteiger partial charge < -0.3 is 14.8 Å². The summed E-state index contributed by atoms with van der Waals surface area (Å²) in [6, 6.07) is 14.1. The average Bonchev–Trinajstić information content (AvgIpc) is 2.85. The van der Waals surface area contributed by atoms with Crippen molar-refractivity contribution in [2.24, 2.45) is 0 Å². The van der Waals surface area contributed by atoms with E-state index in [9.17, 15) is 14.4 Å². The summed E-state index contributed by atoms with van der Waals surface area (Å²) in [5, 5.41) is 7.79. The van der Waals surface area contributed by atoms with Crippen LogP contribution < -0.4 is 15.6 Å². The van der Waals surface area contributed by atoms with Gasteiger partial charge >= 0.3 is 5.97 Å². The number of methoxy groups -OCH3 is 1. The SMILES string of the molecule is CCCCCCn1nc(C(=O)OCC(=O)NCc2ccccc2OC)c2ccccc2c1=O. The number of ether oxygens (including phenoxy) is 2. The molecule has 1 amide bonds. The zero-order valence-electron chi connectivity index (χ0n) is 19.0. The van der Waals surface area contributed by atoms with Crippen molar-refractivity contribution in [3.8, 4) is 5.75 Å². The molecule has 33 heavy (non-hydrogen) atoms. The first kappa shape index (κ1) is 24.0. The molecular formula is C25H29N3O5. The van der Waals surface area contributed by atoms with Gasteiger partial charge in [0, 0.05) is 24.0 Å². The molecule has 0 unspecified atom stereocenters. The van der Waals surface area contributed by atoms with E-state index in [0.717, 1.165) is 31.2 Å². The lowest BCUT2D eigenvalue weighted by atomic mass is 10.1. The Morgan fingerprint density at radius 3 is 2.48 bits per heavy atom. The number of carbonyl (C=O) groups is 2. The molecule has 0 aliphatic carbocycles. The van der Waals surface area contributed by atoms with E-state index in [1.165, 1.54) is 4.68 Å². The summed E-state index contributed by atoms with van der Waals surface area (Å²) >= 11 is 0. The zero-order chi connectivity index (χ0) is 23.6. The van der Waals surface area contributed by atoms with E-state index in [4.69, 9.17) is 9.47 Å². The van der Waals surface area contributed by atoms with Crippen LogP contribution in [0.4, 0.5) is 0 Å². The van der Waals surface area contributed by atoms with Crippen LogP contribution >= 0.6 is 0 Å². The molecule has 0 saturated heterocycles. The minimum atomic E-state index is -0.749. The van der Waals surface area contributed by atoms with Gasteiger partial charge in [-0.25, -0.2) is 9.48 Å². The van der Waals surface area contributed by atoms with Gasteiger partial charge in [0.05, 0.1) is 12.5 Å². The predicted molar refractivity (Wildman–Crippen MR) is 125 cm³/mol. The third kappa shape index (κ3) is 6.19. The van der Waals surface area contributed by atoms with Crippen LogP contribution in [0.1, 0.15) is 48.7 Å². The zero-order valence-corrected chi connectivity index (χ0v) is 19.0. The molecule has 0 spiro atoms. The first-order valence-corrected chi connectivity index (χ1v) is 11.1. The smallest absolute Gasteiger partial charge is 0.359 e. The number of nitrogens with one attached hydrogen (secondary N) is 1. The second-order valence-electron chi connectivity index (χ2n) is 7.65. The van der Waals surface area contributed by atoms with Gasteiger partial charge in [0.2, 0.25) is 0 Å². The summed E-state index contributed by atoms with van der Waals surface area (Å²) < 4.78 is 11.8. The van der Waals surface area contributed by atoms with E-state index in [0.29, 0.717) is 23.1 Å². The first-order valence-electron chi connectivity index (χ1n) is 11.1. The number of benzene rings is 2. The van der Waals surface area contributed by atoms with Crippen molar-refractivity contribution >= 4 is 22.6 Å². The van der Waals surface area contributed by atoms with Gasteiger partial charge in [0.15, 0.2) is 12.3 Å².